The maximum absolute atomic E-state index is 11.9. The molecule has 0 radical (unpaired) electrons. The summed E-state index contributed by atoms with van der Waals surface area (Å²) >= 11 is 0. The number of rotatable bonds is 5. The zero-order valence-corrected chi connectivity index (χ0v) is 9.17. The molecule has 0 spiro atoms. The van der Waals surface area contributed by atoms with Crippen LogP contribution in [0.2, 0.25) is 0 Å². The van der Waals surface area contributed by atoms with E-state index < -0.39 is 12.6 Å². The van der Waals surface area contributed by atoms with Crippen LogP contribution >= 0.6 is 0 Å². The van der Waals surface area contributed by atoms with Gasteiger partial charge in [-0.25, -0.2) is 0 Å². The van der Waals surface area contributed by atoms with Crippen LogP contribution in [0.5, 0.6) is 0 Å². The van der Waals surface area contributed by atoms with Gasteiger partial charge in [-0.15, -0.1) is 0 Å². The summed E-state index contributed by atoms with van der Waals surface area (Å²) in [6.07, 6.45) is -0.704. The van der Waals surface area contributed by atoms with Crippen molar-refractivity contribution in [2.75, 3.05) is 0 Å². The molecule has 0 amide bonds. The quantitative estimate of drug-likeness (QED) is 0.852. The fourth-order valence-corrected chi connectivity index (χ4v) is 1.37. The van der Waals surface area contributed by atoms with Gasteiger partial charge in [-0.05, 0) is 12.8 Å². The van der Waals surface area contributed by atoms with Gasteiger partial charge in [-0.3, -0.25) is 4.68 Å². The molecule has 1 aromatic heterocycles. The smallest absolute Gasteiger partial charge is 0.324 e. The summed E-state index contributed by atoms with van der Waals surface area (Å²) in [7, 11) is 0. The Morgan fingerprint density at radius 1 is 1.50 bits per heavy atom. The molecule has 6 heteroatoms. The van der Waals surface area contributed by atoms with Crippen molar-refractivity contribution < 1.29 is 13.2 Å². The Morgan fingerprint density at radius 3 is 2.75 bits per heavy atom. The second kappa shape index (κ2) is 5.34. The minimum atomic E-state index is -4.09. The van der Waals surface area contributed by atoms with Crippen molar-refractivity contribution in [2.45, 2.75) is 44.9 Å². The standard InChI is InChI=1S/C10H16F3N3/c1-2-9(14)8-6-15-16(7-8)5-3-4-10(11,12)13/h6-7,9H,2-5,14H2,1H3. The summed E-state index contributed by atoms with van der Waals surface area (Å²) in [6, 6.07) is -0.0867. The van der Waals surface area contributed by atoms with E-state index in [1.807, 2.05) is 6.92 Å². The SMILES string of the molecule is CCC(N)c1cnn(CCCC(F)(F)F)c1. The fraction of sp³-hybridized carbons (Fsp3) is 0.700. The average Bonchev–Trinajstić information content (AvgIpc) is 2.63. The third-order valence-electron chi connectivity index (χ3n) is 2.37. The molecule has 1 heterocycles. The van der Waals surface area contributed by atoms with E-state index in [1.165, 1.54) is 4.68 Å². The van der Waals surface area contributed by atoms with Crippen molar-refractivity contribution in [3.8, 4) is 0 Å². The van der Waals surface area contributed by atoms with Gasteiger partial charge < -0.3 is 5.73 Å². The average molecular weight is 235 g/mol. The number of hydrogen-bond donors (Lipinski definition) is 1. The first-order chi connectivity index (χ1) is 7.42. The minimum Gasteiger partial charge on any atom is -0.324 e. The zero-order valence-electron chi connectivity index (χ0n) is 9.17. The lowest BCUT2D eigenvalue weighted by atomic mass is 10.1. The predicted octanol–water partition coefficient (Wildman–Crippen LogP) is 2.64. The van der Waals surface area contributed by atoms with Gasteiger partial charge in [0.1, 0.15) is 0 Å². The monoisotopic (exact) mass is 235 g/mol. The van der Waals surface area contributed by atoms with Crippen molar-refractivity contribution >= 4 is 0 Å². The molecule has 2 N–H and O–H groups in total. The number of hydrogen-bond acceptors (Lipinski definition) is 2. The summed E-state index contributed by atoms with van der Waals surface area (Å²) in [5, 5.41) is 3.97. The molecule has 0 aromatic carbocycles. The Kier molecular flexibility index (Phi) is 4.35. The molecule has 0 saturated carbocycles. The van der Waals surface area contributed by atoms with Crippen molar-refractivity contribution in [1.29, 1.82) is 0 Å². The van der Waals surface area contributed by atoms with E-state index in [4.69, 9.17) is 5.73 Å². The highest BCUT2D eigenvalue weighted by molar-refractivity contribution is 5.09. The van der Waals surface area contributed by atoms with E-state index >= 15 is 0 Å². The van der Waals surface area contributed by atoms with Crippen LogP contribution in [0.3, 0.4) is 0 Å². The highest BCUT2D eigenvalue weighted by Gasteiger charge is 2.26. The van der Waals surface area contributed by atoms with Crippen LogP contribution in [0.1, 0.15) is 37.8 Å². The van der Waals surface area contributed by atoms with E-state index in [1.54, 1.807) is 12.4 Å². The zero-order chi connectivity index (χ0) is 12.2. The molecule has 1 atom stereocenters. The van der Waals surface area contributed by atoms with Gasteiger partial charge in [0.2, 0.25) is 0 Å². The molecule has 1 unspecified atom stereocenters. The largest absolute Gasteiger partial charge is 0.389 e. The van der Waals surface area contributed by atoms with Crippen molar-refractivity contribution in [3.63, 3.8) is 0 Å². The summed E-state index contributed by atoms with van der Waals surface area (Å²) < 4.78 is 37.2. The van der Waals surface area contributed by atoms with Gasteiger partial charge in [0, 0.05) is 30.8 Å². The van der Waals surface area contributed by atoms with E-state index in [2.05, 4.69) is 5.10 Å². The summed E-state index contributed by atoms with van der Waals surface area (Å²) in [5.41, 5.74) is 6.64. The first-order valence-electron chi connectivity index (χ1n) is 5.27. The number of aryl methyl sites for hydroxylation is 1. The Labute approximate surface area is 92.4 Å². The normalized spacial score (nSPS) is 14.1. The molecule has 1 aromatic rings. The van der Waals surface area contributed by atoms with Crippen molar-refractivity contribution in [3.05, 3.63) is 18.0 Å². The molecule has 0 saturated heterocycles. The molecular weight excluding hydrogens is 219 g/mol. The molecular formula is C10H16F3N3. The van der Waals surface area contributed by atoms with Crippen molar-refractivity contribution in [2.24, 2.45) is 5.73 Å². The molecule has 0 aliphatic carbocycles. The fourth-order valence-electron chi connectivity index (χ4n) is 1.37. The second-order valence-electron chi connectivity index (χ2n) is 3.77. The van der Waals surface area contributed by atoms with Gasteiger partial charge in [0.15, 0.2) is 0 Å². The lowest BCUT2D eigenvalue weighted by molar-refractivity contribution is -0.136. The lowest BCUT2D eigenvalue weighted by Gasteiger charge is -2.06. The summed E-state index contributed by atoms with van der Waals surface area (Å²) in [5.74, 6) is 0. The Morgan fingerprint density at radius 2 is 2.19 bits per heavy atom. The predicted molar refractivity (Wildman–Crippen MR) is 54.7 cm³/mol. The summed E-state index contributed by atoms with van der Waals surface area (Å²) in [6.45, 7) is 2.22. The first kappa shape index (κ1) is 13.0. The van der Waals surface area contributed by atoms with Gasteiger partial charge in [0.05, 0.1) is 6.20 Å². The number of aromatic nitrogens is 2. The Bertz CT molecular complexity index is 319. The van der Waals surface area contributed by atoms with Crippen LogP contribution in [-0.4, -0.2) is 16.0 Å². The first-order valence-corrected chi connectivity index (χ1v) is 5.27. The Hall–Kier alpha value is -1.04. The highest BCUT2D eigenvalue weighted by Crippen LogP contribution is 2.21. The molecule has 1 rings (SSSR count). The molecule has 92 valence electrons. The van der Waals surface area contributed by atoms with E-state index in [-0.39, 0.29) is 19.0 Å². The van der Waals surface area contributed by atoms with Crippen LogP contribution < -0.4 is 5.73 Å². The van der Waals surface area contributed by atoms with Crippen LogP contribution in [-0.2, 0) is 6.54 Å². The molecule has 16 heavy (non-hydrogen) atoms. The third-order valence-corrected chi connectivity index (χ3v) is 2.37. The van der Waals surface area contributed by atoms with Gasteiger partial charge in [-0.2, -0.15) is 18.3 Å². The van der Waals surface area contributed by atoms with E-state index in [0.29, 0.717) is 0 Å². The maximum atomic E-state index is 11.9. The summed E-state index contributed by atoms with van der Waals surface area (Å²) in [4.78, 5) is 0. The minimum absolute atomic E-state index is 0.0476. The maximum Gasteiger partial charge on any atom is 0.389 e. The molecule has 0 aliphatic rings. The molecule has 0 aliphatic heterocycles. The van der Waals surface area contributed by atoms with Gasteiger partial charge >= 0.3 is 6.18 Å². The van der Waals surface area contributed by atoms with Crippen LogP contribution in [0.25, 0.3) is 0 Å². The highest BCUT2D eigenvalue weighted by atomic mass is 19.4. The van der Waals surface area contributed by atoms with Crippen LogP contribution in [0.15, 0.2) is 12.4 Å². The number of nitrogens with zero attached hydrogens (tertiary/aromatic N) is 2. The molecule has 0 fully saturated rings. The third kappa shape index (κ3) is 4.22. The van der Waals surface area contributed by atoms with Gasteiger partial charge in [0.25, 0.3) is 0 Å². The number of halogens is 3. The van der Waals surface area contributed by atoms with Crippen molar-refractivity contribution in [1.82, 2.24) is 9.78 Å². The van der Waals surface area contributed by atoms with E-state index in [0.717, 1.165) is 12.0 Å². The van der Waals surface area contributed by atoms with Crippen LogP contribution in [0, 0.1) is 0 Å². The Balaban J connectivity index is 2.41. The van der Waals surface area contributed by atoms with Gasteiger partial charge in [-0.1, -0.05) is 6.92 Å². The topological polar surface area (TPSA) is 43.8 Å². The molecule has 0 bridgehead atoms. The lowest BCUT2D eigenvalue weighted by Crippen LogP contribution is -2.10. The van der Waals surface area contributed by atoms with Crippen LogP contribution in [0.4, 0.5) is 13.2 Å². The molecule has 3 nitrogen and oxygen atoms in total. The number of nitrogens with two attached hydrogens (primary N) is 1. The number of alkyl halides is 3. The second-order valence-corrected chi connectivity index (χ2v) is 3.77. The van der Waals surface area contributed by atoms with E-state index in [9.17, 15) is 13.2 Å².